The Kier molecular flexibility index (Phi) is 10.9. The second-order valence-corrected chi connectivity index (χ2v) is 14.0. The summed E-state index contributed by atoms with van der Waals surface area (Å²) in [5.41, 5.74) is 0.817. The van der Waals surface area contributed by atoms with Gasteiger partial charge in [0, 0.05) is 45.3 Å². The van der Waals surface area contributed by atoms with Gasteiger partial charge >= 0.3 is 19.7 Å². The van der Waals surface area contributed by atoms with Gasteiger partial charge in [-0.25, -0.2) is 23.7 Å². The number of thiazole rings is 1. The number of amides is 1. The molecule has 3 aromatic heterocycles. The molecule has 22 heteroatoms. The van der Waals surface area contributed by atoms with Crippen molar-refractivity contribution in [2.75, 3.05) is 17.4 Å². The van der Waals surface area contributed by atoms with Crippen LogP contribution in [0.25, 0.3) is 11.3 Å². The first kappa shape index (κ1) is 33.3. The van der Waals surface area contributed by atoms with E-state index >= 15 is 0 Å². The SMILES string of the molecule is CCO/N=C(\C(=O)NC(C(=O)O)C1NC(C(=O)O)=C(Sc2nc(-c3cc[n+](C)cc3)cs2)CS1)c1nsc(NP(=O)(O)O)n1. The van der Waals surface area contributed by atoms with E-state index in [2.05, 4.69) is 30.1 Å². The first-order valence-electron chi connectivity index (χ1n) is 12.2. The average molecular weight is 704 g/mol. The molecule has 0 spiro atoms. The van der Waals surface area contributed by atoms with Crippen molar-refractivity contribution in [3.8, 4) is 11.3 Å². The second kappa shape index (κ2) is 14.5. The largest absolute Gasteiger partial charge is 0.480 e. The van der Waals surface area contributed by atoms with E-state index in [1.54, 1.807) is 6.92 Å². The van der Waals surface area contributed by atoms with Crippen molar-refractivity contribution in [3.63, 3.8) is 0 Å². The molecule has 44 heavy (non-hydrogen) atoms. The Balaban J connectivity index is 1.51. The van der Waals surface area contributed by atoms with Gasteiger partial charge in [-0.3, -0.25) is 9.88 Å². The van der Waals surface area contributed by atoms with Crippen LogP contribution in [0.3, 0.4) is 0 Å². The Bertz CT molecular complexity index is 1660. The third kappa shape index (κ3) is 8.74. The highest BCUT2D eigenvalue weighted by Gasteiger charge is 2.37. The van der Waals surface area contributed by atoms with Crippen molar-refractivity contribution < 1.29 is 48.4 Å². The lowest BCUT2D eigenvalue weighted by Gasteiger charge is -2.31. The quantitative estimate of drug-likeness (QED) is 0.0569. The van der Waals surface area contributed by atoms with Crippen LogP contribution in [0.4, 0.5) is 5.13 Å². The number of carboxylic acids is 2. The minimum Gasteiger partial charge on any atom is -0.480 e. The number of carbonyl (C=O) groups is 3. The molecular formula is C22H24N8O9PS4+. The number of thioether (sulfide) groups is 2. The average Bonchev–Trinajstić information content (AvgIpc) is 3.61. The topological polar surface area (TPSA) is 249 Å². The number of nitrogens with zero attached hydrogens (tertiary/aromatic N) is 5. The summed E-state index contributed by atoms with van der Waals surface area (Å²) < 4.78 is 17.5. The van der Waals surface area contributed by atoms with Crippen molar-refractivity contribution in [2.45, 2.75) is 22.7 Å². The lowest BCUT2D eigenvalue weighted by molar-refractivity contribution is -0.671. The van der Waals surface area contributed by atoms with E-state index in [0.29, 0.717) is 20.8 Å². The maximum Gasteiger partial charge on any atom is 0.429 e. The maximum absolute atomic E-state index is 13.1. The van der Waals surface area contributed by atoms with Crippen molar-refractivity contribution in [3.05, 3.63) is 46.3 Å². The van der Waals surface area contributed by atoms with E-state index in [-0.39, 0.29) is 29.0 Å². The fourth-order valence-corrected chi connectivity index (χ4v) is 7.97. The van der Waals surface area contributed by atoms with E-state index in [9.17, 15) is 29.2 Å². The number of hydrogen-bond donors (Lipinski definition) is 7. The monoisotopic (exact) mass is 703 g/mol. The van der Waals surface area contributed by atoms with Crippen LogP contribution < -0.4 is 20.3 Å². The van der Waals surface area contributed by atoms with Gasteiger partial charge < -0.3 is 35.5 Å². The predicted molar refractivity (Wildman–Crippen MR) is 162 cm³/mol. The van der Waals surface area contributed by atoms with Crippen LogP contribution >= 0.6 is 54.1 Å². The fourth-order valence-electron chi connectivity index (χ4n) is 3.44. The van der Waals surface area contributed by atoms with Crippen LogP contribution in [-0.2, 0) is 30.8 Å². The summed E-state index contributed by atoms with van der Waals surface area (Å²) >= 11 is 4.06. The number of pyridine rings is 1. The van der Waals surface area contributed by atoms with Gasteiger partial charge in [0.2, 0.25) is 16.7 Å². The van der Waals surface area contributed by atoms with Gasteiger partial charge in [0.1, 0.15) is 24.7 Å². The Morgan fingerprint density at radius 1 is 1.27 bits per heavy atom. The summed E-state index contributed by atoms with van der Waals surface area (Å²) in [6, 6.07) is 2.15. The van der Waals surface area contributed by atoms with Crippen LogP contribution in [-0.4, -0.2) is 81.7 Å². The molecule has 234 valence electrons. The van der Waals surface area contributed by atoms with Gasteiger partial charge in [0.25, 0.3) is 5.91 Å². The molecule has 1 aliphatic rings. The summed E-state index contributed by atoms with van der Waals surface area (Å²) in [5.74, 6) is -4.17. The molecule has 0 radical (unpaired) electrons. The number of rotatable bonds is 13. The minimum absolute atomic E-state index is 0.0226. The molecule has 0 bridgehead atoms. The van der Waals surface area contributed by atoms with Crippen LogP contribution in [0.1, 0.15) is 12.7 Å². The molecule has 0 saturated heterocycles. The maximum atomic E-state index is 13.1. The molecule has 2 atom stereocenters. The summed E-state index contributed by atoms with van der Waals surface area (Å²) in [4.78, 5) is 69.5. The smallest absolute Gasteiger partial charge is 0.429 e. The van der Waals surface area contributed by atoms with Crippen molar-refractivity contribution in [1.82, 2.24) is 25.0 Å². The standard InChI is InChI=1S/C22H23N8O9PS4/c1-3-39-27-14(16-26-21(44-29-16)28-40(36,37)38)17(31)24-15(20(34)35)18-25-13(19(32)33)12(9-41-18)43-22-23-11(8-42-22)10-4-6-30(2)7-5-10/h4-8,15,18,25H,3,9H2,1-2H3,(H5-,24,26,28,29,31,32,33,34,35,36,37,38)/p+1/b27-14-. The van der Waals surface area contributed by atoms with Gasteiger partial charge in [-0.15, -0.1) is 23.1 Å². The molecule has 4 rings (SSSR count). The van der Waals surface area contributed by atoms with E-state index < -0.39 is 42.7 Å². The summed E-state index contributed by atoms with van der Waals surface area (Å²) in [6.45, 7) is 1.59. The van der Waals surface area contributed by atoms with Crippen molar-refractivity contribution >= 4 is 82.8 Å². The van der Waals surface area contributed by atoms with Gasteiger partial charge in [-0.1, -0.05) is 16.9 Å². The van der Waals surface area contributed by atoms with Crippen LogP contribution in [0.15, 0.2) is 50.0 Å². The molecule has 0 saturated carbocycles. The van der Waals surface area contributed by atoms with Crippen LogP contribution in [0, 0.1) is 0 Å². The first-order valence-corrected chi connectivity index (χ1v) is 17.3. The van der Waals surface area contributed by atoms with E-state index in [1.807, 2.05) is 46.6 Å². The van der Waals surface area contributed by atoms with Gasteiger partial charge in [0.15, 0.2) is 22.8 Å². The Morgan fingerprint density at radius 2 is 2.00 bits per heavy atom. The fraction of sp³-hybridized carbons (Fsp3) is 0.273. The number of hydrogen-bond acceptors (Lipinski definition) is 14. The minimum atomic E-state index is -4.72. The third-order valence-corrected chi connectivity index (χ3v) is 10.1. The second-order valence-electron chi connectivity index (χ2n) is 8.56. The molecule has 3 aromatic rings. The summed E-state index contributed by atoms with van der Waals surface area (Å²) in [6.07, 6.45) is 3.76. The molecule has 17 nitrogen and oxygen atoms in total. The number of oxime groups is 1. The van der Waals surface area contributed by atoms with E-state index in [4.69, 9.17) is 14.6 Å². The highest BCUT2D eigenvalue weighted by atomic mass is 32.2. The molecule has 0 fully saturated rings. The van der Waals surface area contributed by atoms with Crippen molar-refractivity contribution in [1.29, 1.82) is 0 Å². The zero-order valence-corrected chi connectivity index (χ0v) is 26.8. The number of anilines is 1. The Labute approximate surface area is 265 Å². The van der Waals surface area contributed by atoms with E-state index in [1.165, 1.54) is 11.3 Å². The zero-order valence-electron chi connectivity index (χ0n) is 22.6. The summed E-state index contributed by atoms with van der Waals surface area (Å²) in [7, 11) is -2.83. The molecule has 1 aliphatic heterocycles. The molecule has 2 unspecified atom stereocenters. The molecule has 0 aromatic carbocycles. The number of aryl methyl sites for hydroxylation is 1. The van der Waals surface area contributed by atoms with Gasteiger partial charge in [0.05, 0.1) is 5.69 Å². The molecule has 4 heterocycles. The highest BCUT2D eigenvalue weighted by molar-refractivity contribution is 8.07. The first-order chi connectivity index (χ1) is 20.8. The zero-order chi connectivity index (χ0) is 32.0. The van der Waals surface area contributed by atoms with Gasteiger partial charge in [-0.2, -0.15) is 9.36 Å². The van der Waals surface area contributed by atoms with Gasteiger partial charge in [-0.05, 0) is 6.92 Å². The molecular weight excluding hydrogens is 680 g/mol. The number of carboxylic acid groups (broad SMARTS) is 2. The lowest BCUT2D eigenvalue weighted by atomic mass is 10.2. The lowest BCUT2D eigenvalue weighted by Crippen LogP contribution is -2.55. The highest BCUT2D eigenvalue weighted by Crippen LogP contribution is 2.39. The normalized spacial score (nSPS) is 16.2. The number of nitrogens with one attached hydrogen (secondary N) is 3. The predicted octanol–water partition coefficient (Wildman–Crippen LogP) is 1.05. The van der Waals surface area contributed by atoms with E-state index in [0.717, 1.165) is 34.8 Å². The third-order valence-electron chi connectivity index (χ3n) is 5.38. The molecule has 1 amide bonds. The van der Waals surface area contributed by atoms with Crippen molar-refractivity contribution in [2.24, 2.45) is 12.2 Å². The number of carbonyl (C=O) groups excluding carboxylic acids is 1. The molecule has 0 aliphatic carbocycles. The number of aromatic nitrogens is 4. The van der Waals surface area contributed by atoms with Crippen LogP contribution in [0.5, 0.6) is 0 Å². The number of aliphatic carboxylic acids is 2. The molecule has 7 N–H and O–H groups in total. The summed E-state index contributed by atoms with van der Waals surface area (Å²) in [5, 5.41) is 30.7. The Hall–Kier alpha value is -3.59. The Morgan fingerprint density at radius 3 is 2.64 bits per heavy atom. The van der Waals surface area contributed by atoms with Crippen LogP contribution in [0.2, 0.25) is 0 Å².